The van der Waals surface area contributed by atoms with Crippen LogP contribution in [-0.2, 0) is 6.54 Å². The van der Waals surface area contributed by atoms with Crippen molar-refractivity contribution in [1.29, 1.82) is 0 Å². The summed E-state index contributed by atoms with van der Waals surface area (Å²) in [5.41, 5.74) is 1.30. The predicted molar refractivity (Wildman–Crippen MR) is 81.0 cm³/mol. The average Bonchev–Trinajstić information content (AvgIpc) is 3.00. The number of anilines is 1. The summed E-state index contributed by atoms with van der Waals surface area (Å²) in [6.45, 7) is 0.425. The number of nitrogens with zero attached hydrogens (tertiary/aromatic N) is 2. The molecule has 0 fully saturated rings. The lowest BCUT2D eigenvalue weighted by Gasteiger charge is -2.08. The molecule has 1 aromatic carbocycles. The Bertz CT molecular complexity index is 755. The fraction of sp³-hybridized carbons (Fsp3) is 0.154. The molecule has 3 aromatic rings. The Morgan fingerprint density at radius 2 is 2.35 bits per heavy atom. The lowest BCUT2D eigenvalue weighted by Crippen LogP contribution is -2.05. The largest absolute Gasteiger partial charge is 0.480 e. The lowest BCUT2D eigenvalue weighted by atomic mass is 10.3. The first-order chi connectivity index (χ1) is 9.69. The van der Waals surface area contributed by atoms with E-state index >= 15 is 0 Å². The van der Waals surface area contributed by atoms with Gasteiger partial charge in [0.25, 0.3) is 0 Å². The number of benzene rings is 1. The van der Waals surface area contributed by atoms with Crippen molar-refractivity contribution in [3.63, 3.8) is 0 Å². The van der Waals surface area contributed by atoms with Gasteiger partial charge < -0.3 is 10.1 Å². The van der Waals surface area contributed by atoms with E-state index in [2.05, 4.69) is 26.2 Å². The molecule has 4 nitrogen and oxygen atoms in total. The highest BCUT2D eigenvalue weighted by atomic mass is 79.9. The third kappa shape index (κ3) is 2.38. The van der Waals surface area contributed by atoms with Gasteiger partial charge in [-0.05, 0) is 18.2 Å². The Balaban J connectivity index is 1.89. The summed E-state index contributed by atoms with van der Waals surface area (Å²) in [6, 6.07) is 4.78. The molecule has 0 radical (unpaired) electrons. The summed E-state index contributed by atoms with van der Waals surface area (Å²) in [7, 11) is 1.58. The molecule has 0 unspecified atom stereocenters. The van der Waals surface area contributed by atoms with Crippen molar-refractivity contribution in [2.75, 3.05) is 12.4 Å². The van der Waals surface area contributed by atoms with Gasteiger partial charge in [-0.2, -0.15) is 4.98 Å². The van der Waals surface area contributed by atoms with Gasteiger partial charge in [-0.1, -0.05) is 15.9 Å². The predicted octanol–water partition coefficient (Wildman–Crippen LogP) is 3.92. The van der Waals surface area contributed by atoms with E-state index in [0.717, 1.165) is 15.1 Å². The molecule has 0 amide bonds. The molecule has 3 rings (SSSR count). The number of methoxy groups -OCH3 is 1. The molecule has 2 heterocycles. The van der Waals surface area contributed by atoms with E-state index in [4.69, 9.17) is 4.74 Å². The molecule has 104 valence electrons. The Kier molecular flexibility index (Phi) is 3.62. The summed E-state index contributed by atoms with van der Waals surface area (Å²) in [6.07, 6.45) is 1.92. The second kappa shape index (κ2) is 5.41. The zero-order chi connectivity index (χ0) is 14.1. The lowest BCUT2D eigenvalue weighted by molar-refractivity contribution is 0.395. The molecular weight excluding hydrogens is 345 g/mol. The van der Waals surface area contributed by atoms with Crippen LogP contribution in [0.2, 0.25) is 0 Å². The zero-order valence-corrected chi connectivity index (χ0v) is 13.0. The molecule has 7 heteroatoms. The molecule has 2 aromatic heterocycles. The van der Waals surface area contributed by atoms with Crippen LogP contribution in [0.5, 0.6) is 5.88 Å². The molecule has 0 aliphatic heterocycles. The highest BCUT2D eigenvalue weighted by molar-refractivity contribution is 9.10. The SMILES string of the molecule is COc1nc2sccn2c1CNc1cc(Br)ccc1F. The third-order valence-corrected chi connectivity index (χ3v) is 4.14. The normalized spacial score (nSPS) is 10.9. The van der Waals surface area contributed by atoms with Crippen molar-refractivity contribution in [3.8, 4) is 5.88 Å². The summed E-state index contributed by atoms with van der Waals surface area (Å²) in [5, 5.41) is 5.02. The molecular formula is C13H11BrFN3OS. The van der Waals surface area contributed by atoms with Crippen LogP contribution in [0.15, 0.2) is 34.2 Å². The fourth-order valence-corrected chi connectivity index (χ4v) is 3.03. The van der Waals surface area contributed by atoms with Crippen molar-refractivity contribution in [1.82, 2.24) is 9.38 Å². The maximum Gasteiger partial charge on any atom is 0.238 e. The maximum absolute atomic E-state index is 13.7. The number of ether oxygens (including phenoxy) is 1. The first-order valence-corrected chi connectivity index (χ1v) is 7.53. The minimum Gasteiger partial charge on any atom is -0.480 e. The summed E-state index contributed by atoms with van der Waals surface area (Å²) in [4.78, 5) is 5.21. The van der Waals surface area contributed by atoms with Crippen LogP contribution in [0.3, 0.4) is 0 Å². The monoisotopic (exact) mass is 355 g/mol. The van der Waals surface area contributed by atoms with E-state index in [9.17, 15) is 4.39 Å². The number of imidazole rings is 1. The second-order valence-corrected chi connectivity index (χ2v) is 5.89. The molecule has 0 aliphatic rings. The number of aromatic nitrogens is 2. The number of hydrogen-bond acceptors (Lipinski definition) is 4. The molecule has 20 heavy (non-hydrogen) atoms. The van der Waals surface area contributed by atoms with Crippen LogP contribution >= 0.6 is 27.3 Å². The van der Waals surface area contributed by atoms with E-state index in [1.807, 2.05) is 16.0 Å². The van der Waals surface area contributed by atoms with Crippen LogP contribution in [0, 0.1) is 5.82 Å². The van der Waals surface area contributed by atoms with Gasteiger partial charge in [-0.15, -0.1) is 11.3 Å². The Morgan fingerprint density at radius 1 is 1.50 bits per heavy atom. The van der Waals surface area contributed by atoms with E-state index in [-0.39, 0.29) is 5.82 Å². The van der Waals surface area contributed by atoms with E-state index < -0.39 is 0 Å². The van der Waals surface area contributed by atoms with Gasteiger partial charge in [0.05, 0.1) is 19.3 Å². The van der Waals surface area contributed by atoms with Crippen LogP contribution in [-0.4, -0.2) is 16.5 Å². The topological polar surface area (TPSA) is 38.6 Å². The van der Waals surface area contributed by atoms with Crippen LogP contribution < -0.4 is 10.1 Å². The molecule has 0 saturated heterocycles. The first kappa shape index (κ1) is 13.4. The Morgan fingerprint density at radius 3 is 3.15 bits per heavy atom. The zero-order valence-electron chi connectivity index (χ0n) is 10.6. The molecule has 0 atom stereocenters. The molecule has 0 aliphatic carbocycles. The van der Waals surface area contributed by atoms with Gasteiger partial charge in [0.1, 0.15) is 11.5 Å². The molecule has 0 saturated carbocycles. The fourth-order valence-electron chi connectivity index (χ4n) is 1.95. The van der Waals surface area contributed by atoms with Gasteiger partial charge in [0.2, 0.25) is 5.88 Å². The summed E-state index contributed by atoms with van der Waals surface area (Å²) in [5.74, 6) is 0.262. The average molecular weight is 356 g/mol. The van der Waals surface area contributed by atoms with Crippen molar-refractivity contribution in [3.05, 3.63) is 45.8 Å². The third-order valence-electron chi connectivity index (χ3n) is 2.89. The number of fused-ring (bicyclic) bond motifs is 1. The quantitative estimate of drug-likeness (QED) is 0.770. The highest BCUT2D eigenvalue weighted by Gasteiger charge is 2.14. The number of halogens is 2. The van der Waals surface area contributed by atoms with Crippen molar-refractivity contribution >= 4 is 37.9 Å². The summed E-state index contributed by atoms with van der Waals surface area (Å²) >= 11 is 4.86. The number of hydrogen-bond donors (Lipinski definition) is 1. The second-order valence-electron chi connectivity index (χ2n) is 4.10. The smallest absolute Gasteiger partial charge is 0.238 e. The van der Waals surface area contributed by atoms with E-state index in [1.54, 1.807) is 19.2 Å². The Hall–Kier alpha value is -1.60. The van der Waals surface area contributed by atoms with Crippen molar-refractivity contribution in [2.45, 2.75) is 6.54 Å². The molecule has 1 N–H and O–H groups in total. The van der Waals surface area contributed by atoms with E-state index in [0.29, 0.717) is 18.1 Å². The standard InChI is InChI=1S/C13H11BrFN3OS/c1-19-12-11(18-4-5-20-13(18)17-12)7-16-10-6-8(14)2-3-9(10)15/h2-6,16H,7H2,1H3. The van der Waals surface area contributed by atoms with Crippen LogP contribution in [0.25, 0.3) is 4.96 Å². The van der Waals surface area contributed by atoms with Crippen LogP contribution in [0.4, 0.5) is 10.1 Å². The number of nitrogens with one attached hydrogen (secondary N) is 1. The highest BCUT2D eigenvalue weighted by Crippen LogP contribution is 2.25. The molecule has 0 spiro atoms. The van der Waals surface area contributed by atoms with Gasteiger partial charge in [-0.3, -0.25) is 4.40 Å². The van der Waals surface area contributed by atoms with Crippen molar-refractivity contribution in [2.24, 2.45) is 0 Å². The Labute approximate surface area is 127 Å². The van der Waals surface area contributed by atoms with E-state index in [1.165, 1.54) is 17.4 Å². The maximum atomic E-state index is 13.7. The van der Waals surface area contributed by atoms with Gasteiger partial charge in [-0.25, -0.2) is 4.39 Å². The summed E-state index contributed by atoms with van der Waals surface area (Å²) < 4.78 is 21.7. The minimum absolute atomic E-state index is 0.293. The minimum atomic E-state index is -0.293. The van der Waals surface area contributed by atoms with Gasteiger partial charge >= 0.3 is 0 Å². The molecule has 0 bridgehead atoms. The number of thiazole rings is 1. The van der Waals surface area contributed by atoms with Crippen molar-refractivity contribution < 1.29 is 9.13 Å². The van der Waals surface area contributed by atoms with Gasteiger partial charge in [0, 0.05) is 16.0 Å². The van der Waals surface area contributed by atoms with Crippen LogP contribution in [0.1, 0.15) is 5.69 Å². The first-order valence-electron chi connectivity index (χ1n) is 5.86. The van der Waals surface area contributed by atoms with Gasteiger partial charge in [0.15, 0.2) is 4.96 Å². The number of rotatable bonds is 4.